The number of aliphatic hydroxyl groups excluding tert-OH is 2. The maximum Gasteiger partial charge on any atom is 0.110 e. The summed E-state index contributed by atoms with van der Waals surface area (Å²) in [5.41, 5.74) is 0. The minimum absolute atomic E-state index is 0.0711. The average molecular weight is 222 g/mol. The van der Waals surface area contributed by atoms with Gasteiger partial charge in [-0.3, -0.25) is 0 Å². The van der Waals surface area contributed by atoms with Gasteiger partial charge in [0.25, 0.3) is 0 Å². The Hall–Kier alpha value is 0.620. The van der Waals surface area contributed by atoms with Crippen molar-refractivity contribution in [3.8, 4) is 0 Å². The van der Waals surface area contributed by atoms with Gasteiger partial charge in [0, 0.05) is 0 Å². The average Bonchev–Trinajstić information content (AvgIpc) is 2.17. The molecule has 1 atom stereocenters. The van der Waals surface area contributed by atoms with E-state index in [1.165, 1.54) is 6.42 Å². The third-order valence-corrected chi connectivity index (χ3v) is 5.70. The molecule has 0 aromatic carbocycles. The van der Waals surface area contributed by atoms with E-state index in [9.17, 15) is 10.2 Å². The summed E-state index contributed by atoms with van der Waals surface area (Å²) in [5, 5.41) is 19.4. The highest BCUT2D eigenvalue weighted by atomic mass is 32.2. The summed E-state index contributed by atoms with van der Waals surface area (Å²) in [5.74, 6) is 2.32. The fourth-order valence-corrected chi connectivity index (χ4v) is 4.81. The SMILES string of the molecule is CC(C)C(O)C1(CO)SCCCS1. The predicted octanol–water partition coefficient (Wildman–Crippen LogP) is 1.56. The van der Waals surface area contributed by atoms with Crippen molar-refractivity contribution < 1.29 is 10.2 Å². The maximum absolute atomic E-state index is 10.0. The second kappa shape index (κ2) is 4.91. The summed E-state index contributed by atoms with van der Waals surface area (Å²) >= 11 is 3.42. The van der Waals surface area contributed by atoms with Gasteiger partial charge in [-0.25, -0.2) is 0 Å². The number of aliphatic hydroxyl groups is 2. The minimum Gasteiger partial charge on any atom is -0.394 e. The highest BCUT2D eigenvalue weighted by molar-refractivity contribution is 8.18. The van der Waals surface area contributed by atoms with Crippen LogP contribution in [0, 0.1) is 5.92 Å². The zero-order valence-electron chi connectivity index (χ0n) is 8.19. The Kier molecular flexibility index (Phi) is 4.42. The number of rotatable bonds is 3. The standard InChI is InChI=1S/C9H18O2S2/c1-7(2)8(11)9(6-10)12-4-3-5-13-9/h7-8,10-11H,3-6H2,1-2H3. The Morgan fingerprint density at radius 1 is 1.31 bits per heavy atom. The Morgan fingerprint density at radius 3 is 2.23 bits per heavy atom. The molecule has 2 N–H and O–H groups in total. The molecule has 0 bridgehead atoms. The van der Waals surface area contributed by atoms with Crippen molar-refractivity contribution in [2.24, 2.45) is 5.92 Å². The molecule has 0 amide bonds. The molecule has 13 heavy (non-hydrogen) atoms. The molecule has 4 heteroatoms. The Balaban J connectivity index is 2.66. The normalized spacial score (nSPS) is 24.7. The quantitative estimate of drug-likeness (QED) is 0.760. The van der Waals surface area contributed by atoms with Crippen molar-refractivity contribution in [1.82, 2.24) is 0 Å². The van der Waals surface area contributed by atoms with E-state index in [1.807, 2.05) is 13.8 Å². The molecule has 2 nitrogen and oxygen atoms in total. The molecule has 0 saturated carbocycles. The van der Waals surface area contributed by atoms with Gasteiger partial charge in [-0.15, -0.1) is 23.5 Å². The van der Waals surface area contributed by atoms with E-state index >= 15 is 0 Å². The topological polar surface area (TPSA) is 40.5 Å². The lowest BCUT2D eigenvalue weighted by Crippen LogP contribution is -2.44. The third-order valence-electron chi connectivity index (χ3n) is 2.28. The van der Waals surface area contributed by atoms with Gasteiger partial charge in [-0.1, -0.05) is 13.8 Å². The second-order valence-corrected chi connectivity index (χ2v) is 6.82. The smallest absolute Gasteiger partial charge is 0.110 e. The predicted molar refractivity (Wildman–Crippen MR) is 60.2 cm³/mol. The molecule has 1 unspecified atom stereocenters. The van der Waals surface area contributed by atoms with Gasteiger partial charge in [0.15, 0.2) is 0 Å². The molecular formula is C9H18O2S2. The summed E-state index contributed by atoms with van der Waals surface area (Å²) in [6.07, 6.45) is 0.773. The first-order chi connectivity index (χ1) is 6.12. The van der Waals surface area contributed by atoms with Crippen molar-refractivity contribution in [3.05, 3.63) is 0 Å². The molecule has 1 rings (SSSR count). The first kappa shape index (κ1) is 11.7. The van der Waals surface area contributed by atoms with E-state index in [4.69, 9.17) is 0 Å². The van der Waals surface area contributed by atoms with Crippen LogP contribution in [0.4, 0.5) is 0 Å². The number of hydrogen-bond acceptors (Lipinski definition) is 4. The Bertz CT molecular complexity index is 156. The largest absolute Gasteiger partial charge is 0.394 e. The second-order valence-electron chi connectivity index (χ2n) is 3.71. The molecule has 78 valence electrons. The zero-order valence-corrected chi connectivity index (χ0v) is 9.83. The van der Waals surface area contributed by atoms with E-state index in [0.717, 1.165) is 11.5 Å². The van der Waals surface area contributed by atoms with Crippen LogP contribution >= 0.6 is 23.5 Å². The van der Waals surface area contributed by atoms with E-state index in [1.54, 1.807) is 23.5 Å². The summed E-state index contributed by atoms with van der Waals surface area (Å²) < 4.78 is -0.355. The fraction of sp³-hybridized carbons (Fsp3) is 1.00. The molecule has 1 aliphatic heterocycles. The molecule has 0 aromatic rings. The van der Waals surface area contributed by atoms with Gasteiger partial charge in [0.05, 0.1) is 12.7 Å². The van der Waals surface area contributed by atoms with Gasteiger partial charge >= 0.3 is 0 Å². The Labute approximate surface area is 88.5 Å². The van der Waals surface area contributed by atoms with Crippen LogP contribution in [-0.2, 0) is 0 Å². The highest BCUT2D eigenvalue weighted by Crippen LogP contribution is 2.46. The molecule has 0 aliphatic carbocycles. The first-order valence-corrected chi connectivity index (χ1v) is 6.66. The molecular weight excluding hydrogens is 204 g/mol. The summed E-state index contributed by atoms with van der Waals surface area (Å²) in [7, 11) is 0. The molecule has 0 aromatic heterocycles. The number of thioether (sulfide) groups is 2. The van der Waals surface area contributed by atoms with Crippen LogP contribution in [0.2, 0.25) is 0 Å². The van der Waals surface area contributed by atoms with Crippen LogP contribution in [0.3, 0.4) is 0 Å². The van der Waals surface area contributed by atoms with Gasteiger partial charge in [-0.05, 0) is 23.8 Å². The lowest BCUT2D eigenvalue weighted by molar-refractivity contribution is 0.0880. The van der Waals surface area contributed by atoms with Crippen LogP contribution in [0.15, 0.2) is 0 Å². The summed E-state index contributed by atoms with van der Waals surface area (Å²) in [6.45, 7) is 4.07. The molecule has 1 fully saturated rings. The summed E-state index contributed by atoms with van der Waals surface area (Å²) in [4.78, 5) is 0. The van der Waals surface area contributed by atoms with Crippen molar-refractivity contribution in [1.29, 1.82) is 0 Å². The number of hydrogen-bond donors (Lipinski definition) is 2. The van der Waals surface area contributed by atoms with Gasteiger partial charge in [0.1, 0.15) is 4.08 Å². The Morgan fingerprint density at radius 2 is 1.85 bits per heavy atom. The monoisotopic (exact) mass is 222 g/mol. The highest BCUT2D eigenvalue weighted by Gasteiger charge is 2.41. The van der Waals surface area contributed by atoms with Crippen molar-refractivity contribution >= 4 is 23.5 Å². The van der Waals surface area contributed by atoms with Crippen LogP contribution in [0.1, 0.15) is 20.3 Å². The van der Waals surface area contributed by atoms with Crippen LogP contribution in [0.25, 0.3) is 0 Å². The van der Waals surface area contributed by atoms with Crippen molar-refractivity contribution in [2.75, 3.05) is 18.1 Å². The third kappa shape index (κ3) is 2.55. The lowest BCUT2D eigenvalue weighted by Gasteiger charge is -2.39. The molecule has 0 radical (unpaired) electrons. The lowest BCUT2D eigenvalue weighted by atomic mass is 10.0. The zero-order chi connectivity index (χ0) is 9.90. The van der Waals surface area contributed by atoms with Crippen LogP contribution in [-0.4, -0.2) is 38.5 Å². The van der Waals surface area contributed by atoms with Crippen LogP contribution < -0.4 is 0 Å². The van der Waals surface area contributed by atoms with E-state index in [2.05, 4.69) is 0 Å². The summed E-state index contributed by atoms with van der Waals surface area (Å²) in [6, 6.07) is 0. The van der Waals surface area contributed by atoms with Gasteiger partial charge in [-0.2, -0.15) is 0 Å². The fourth-order valence-electron chi connectivity index (χ4n) is 1.45. The van der Waals surface area contributed by atoms with E-state index in [-0.39, 0.29) is 16.6 Å². The van der Waals surface area contributed by atoms with Crippen molar-refractivity contribution in [2.45, 2.75) is 30.5 Å². The molecule has 1 saturated heterocycles. The van der Waals surface area contributed by atoms with E-state index < -0.39 is 6.10 Å². The molecule has 1 aliphatic rings. The molecule has 0 spiro atoms. The van der Waals surface area contributed by atoms with E-state index in [0.29, 0.717) is 0 Å². The van der Waals surface area contributed by atoms with Gasteiger partial charge in [0.2, 0.25) is 0 Å². The van der Waals surface area contributed by atoms with Crippen molar-refractivity contribution in [3.63, 3.8) is 0 Å². The van der Waals surface area contributed by atoms with Crippen LogP contribution in [0.5, 0.6) is 0 Å². The van der Waals surface area contributed by atoms with Gasteiger partial charge < -0.3 is 10.2 Å². The minimum atomic E-state index is -0.409. The first-order valence-electron chi connectivity index (χ1n) is 4.69. The molecule has 1 heterocycles. The maximum atomic E-state index is 10.0.